The Bertz CT molecular complexity index is 199. The molecule has 16 heavy (non-hydrogen) atoms. The Morgan fingerprint density at radius 1 is 1.31 bits per heavy atom. The number of nitrogens with one attached hydrogen (secondary N) is 1. The molecule has 0 aromatic rings. The molecule has 2 heteroatoms. The number of hydrogen-bond acceptors (Lipinski definition) is 2. The van der Waals surface area contributed by atoms with Gasteiger partial charge in [-0.15, -0.1) is 0 Å². The van der Waals surface area contributed by atoms with Crippen molar-refractivity contribution in [3.05, 3.63) is 0 Å². The molecule has 2 fully saturated rings. The molecule has 1 heterocycles. The molecule has 94 valence electrons. The largest absolute Gasteiger partial charge is 0.314 e. The van der Waals surface area contributed by atoms with E-state index in [2.05, 4.69) is 24.1 Å². The average Bonchev–Trinajstić information content (AvgIpc) is 3.10. The van der Waals surface area contributed by atoms with Gasteiger partial charge in [-0.1, -0.05) is 6.92 Å². The van der Waals surface area contributed by atoms with E-state index in [-0.39, 0.29) is 0 Å². The lowest BCUT2D eigenvalue weighted by Crippen LogP contribution is -2.45. The summed E-state index contributed by atoms with van der Waals surface area (Å²) in [6.07, 6.45) is 7.06. The Hall–Kier alpha value is -0.0800. The lowest BCUT2D eigenvalue weighted by molar-refractivity contribution is 0.151. The topological polar surface area (TPSA) is 15.3 Å². The van der Waals surface area contributed by atoms with Gasteiger partial charge in [-0.2, -0.15) is 0 Å². The maximum Gasteiger partial charge on any atom is 0.00793 e. The lowest BCUT2D eigenvalue weighted by Gasteiger charge is -2.36. The van der Waals surface area contributed by atoms with Crippen LogP contribution >= 0.6 is 0 Å². The SMILES string of the molecule is CCCN1CCCC(C(C)NCC2CC2)C1. The molecule has 0 amide bonds. The quantitative estimate of drug-likeness (QED) is 0.746. The molecule has 2 nitrogen and oxygen atoms in total. The van der Waals surface area contributed by atoms with Crippen LogP contribution in [0, 0.1) is 11.8 Å². The number of hydrogen-bond donors (Lipinski definition) is 1. The second kappa shape index (κ2) is 6.02. The molecule has 2 unspecified atom stereocenters. The molecule has 1 saturated heterocycles. The van der Waals surface area contributed by atoms with E-state index in [0.717, 1.165) is 17.9 Å². The van der Waals surface area contributed by atoms with Gasteiger partial charge >= 0.3 is 0 Å². The van der Waals surface area contributed by atoms with Crippen molar-refractivity contribution in [1.29, 1.82) is 0 Å². The highest BCUT2D eigenvalue weighted by Gasteiger charge is 2.26. The highest BCUT2D eigenvalue weighted by molar-refractivity contribution is 4.83. The summed E-state index contributed by atoms with van der Waals surface area (Å²) in [6.45, 7) is 9.91. The molecular weight excluding hydrogens is 196 g/mol. The maximum absolute atomic E-state index is 3.75. The molecule has 0 aromatic carbocycles. The molecule has 0 radical (unpaired) electrons. The van der Waals surface area contributed by atoms with Crippen LogP contribution in [0.25, 0.3) is 0 Å². The Balaban J connectivity index is 1.69. The van der Waals surface area contributed by atoms with Crippen LogP contribution in [0.2, 0.25) is 0 Å². The minimum atomic E-state index is 0.722. The predicted octanol–water partition coefficient (Wildman–Crippen LogP) is 2.50. The summed E-state index contributed by atoms with van der Waals surface area (Å²) in [6, 6.07) is 0.722. The summed E-state index contributed by atoms with van der Waals surface area (Å²) >= 11 is 0. The second-order valence-corrected chi connectivity index (χ2v) is 5.84. The van der Waals surface area contributed by atoms with Gasteiger partial charge in [0, 0.05) is 12.6 Å². The zero-order chi connectivity index (χ0) is 11.4. The van der Waals surface area contributed by atoms with E-state index in [9.17, 15) is 0 Å². The van der Waals surface area contributed by atoms with E-state index in [0.29, 0.717) is 0 Å². The zero-order valence-electron chi connectivity index (χ0n) is 11.0. The smallest absolute Gasteiger partial charge is 0.00793 e. The van der Waals surface area contributed by atoms with E-state index in [1.54, 1.807) is 0 Å². The lowest BCUT2D eigenvalue weighted by atomic mass is 9.91. The van der Waals surface area contributed by atoms with Gasteiger partial charge in [0.15, 0.2) is 0 Å². The van der Waals surface area contributed by atoms with E-state index in [1.807, 2.05) is 0 Å². The first-order valence-electron chi connectivity index (χ1n) is 7.25. The van der Waals surface area contributed by atoms with Gasteiger partial charge in [0.2, 0.25) is 0 Å². The third-order valence-corrected chi connectivity index (χ3v) is 4.21. The third-order valence-electron chi connectivity index (χ3n) is 4.21. The molecule has 1 saturated carbocycles. The average molecular weight is 224 g/mol. The highest BCUT2D eigenvalue weighted by Crippen LogP contribution is 2.28. The Kier molecular flexibility index (Phi) is 4.66. The fourth-order valence-electron chi connectivity index (χ4n) is 2.86. The van der Waals surface area contributed by atoms with Crippen molar-refractivity contribution in [3.8, 4) is 0 Å². The van der Waals surface area contributed by atoms with Gasteiger partial charge in [0.05, 0.1) is 0 Å². The summed E-state index contributed by atoms with van der Waals surface area (Å²) in [7, 11) is 0. The Morgan fingerprint density at radius 3 is 2.81 bits per heavy atom. The van der Waals surface area contributed by atoms with Crippen molar-refractivity contribution in [2.45, 2.75) is 52.0 Å². The summed E-state index contributed by atoms with van der Waals surface area (Å²) in [5.74, 6) is 1.90. The van der Waals surface area contributed by atoms with Gasteiger partial charge in [-0.25, -0.2) is 0 Å². The standard InChI is InChI=1S/C14H28N2/c1-3-8-16-9-4-5-14(11-16)12(2)15-10-13-6-7-13/h12-15H,3-11H2,1-2H3. The van der Waals surface area contributed by atoms with Crippen molar-refractivity contribution < 1.29 is 0 Å². The fourth-order valence-corrected chi connectivity index (χ4v) is 2.86. The van der Waals surface area contributed by atoms with Gasteiger partial charge in [-0.05, 0) is 70.5 Å². The molecule has 2 rings (SSSR count). The first kappa shape index (κ1) is 12.4. The molecule has 1 N–H and O–H groups in total. The Labute approximate surface area is 101 Å². The second-order valence-electron chi connectivity index (χ2n) is 5.84. The van der Waals surface area contributed by atoms with Crippen molar-refractivity contribution in [2.75, 3.05) is 26.2 Å². The summed E-state index contributed by atoms with van der Waals surface area (Å²) < 4.78 is 0. The number of nitrogens with zero attached hydrogens (tertiary/aromatic N) is 1. The normalized spacial score (nSPS) is 29.2. The minimum absolute atomic E-state index is 0.722. The fraction of sp³-hybridized carbons (Fsp3) is 1.00. The molecule has 0 bridgehead atoms. The monoisotopic (exact) mass is 224 g/mol. The van der Waals surface area contributed by atoms with Gasteiger partial charge in [0.1, 0.15) is 0 Å². The van der Waals surface area contributed by atoms with Crippen LogP contribution < -0.4 is 5.32 Å². The predicted molar refractivity (Wildman–Crippen MR) is 69.6 cm³/mol. The van der Waals surface area contributed by atoms with Crippen LogP contribution in [0.3, 0.4) is 0 Å². The van der Waals surface area contributed by atoms with E-state index >= 15 is 0 Å². The molecular formula is C14H28N2. The highest BCUT2D eigenvalue weighted by atomic mass is 15.1. The van der Waals surface area contributed by atoms with Gasteiger partial charge in [-0.3, -0.25) is 0 Å². The molecule has 0 aromatic heterocycles. The zero-order valence-corrected chi connectivity index (χ0v) is 11.0. The summed E-state index contributed by atoms with van der Waals surface area (Å²) in [5, 5.41) is 3.75. The van der Waals surface area contributed by atoms with Crippen LogP contribution in [-0.2, 0) is 0 Å². The maximum atomic E-state index is 3.75. The van der Waals surface area contributed by atoms with Crippen molar-refractivity contribution in [2.24, 2.45) is 11.8 Å². The van der Waals surface area contributed by atoms with Crippen LogP contribution in [0.15, 0.2) is 0 Å². The minimum Gasteiger partial charge on any atom is -0.314 e. The number of piperidine rings is 1. The van der Waals surface area contributed by atoms with Crippen LogP contribution in [0.1, 0.15) is 46.0 Å². The van der Waals surface area contributed by atoms with E-state index < -0.39 is 0 Å². The van der Waals surface area contributed by atoms with E-state index in [1.165, 1.54) is 58.3 Å². The van der Waals surface area contributed by atoms with Crippen molar-refractivity contribution in [1.82, 2.24) is 10.2 Å². The summed E-state index contributed by atoms with van der Waals surface area (Å²) in [5.41, 5.74) is 0. The van der Waals surface area contributed by atoms with Crippen LogP contribution in [-0.4, -0.2) is 37.1 Å². The molecule has 1 aliphatic heterocycles. The molecule has 0 spiro atoms. The van der Waals surface area contributed by atoms with Crippen molar-refractivity contribution >= 4 is 0 Å². The first-order valence-corrected chi connectivity index (χ1v) is 7.25. The van der Waals surface area contributed by atoms with Crippen LogP contribution in [0.4, 0.5) is 0 Å². The number of likely N-dealkylation sites (tertiary alicyclic amines) is 1. The molecule has 1 aliphatic carbocycles. The van der Waals surface area contributed by atoms with Crippen molar-refractivity contribution in [3.63, 3.8) is 0 Å². The van der Waals surface area contributed by atoms with Gasteiger partial charge in [0.25, 0.3) is 0 Å². The number of rotatable bonds is 6. The Morgan fingerprint density at radius 2 is 2.12 bits per heavy atom. The van der Waals surface area contributed by atoms with Crippen LogP contribution in [0.5, 0.6) is 0 Å². The third kappa shape index (κ3) is 3.74. The van der Waals surface area contributed by atoms with E-state index in [4.69, 9.17) is 0 Å². The van der Waals surface area contributed by atoms with Gasteiger partial charge < -0.3 is 10.2 Å². The molecule has 2 aliphatic rings. The molecule has 2 atom stereocenters. The summed E-state index contributed by atoms with van der Waals surface area (Å²) in [4.78, 5) is 2.66. The first-order chi connectivity index (χ1) is 7.79.